The number of ether oxygens (including phenoxy) is 2. The van der Waals surface area contributed by atoms with E-state index in [1.165, 1.54) is 42.3 Å². The molecule has 1 unspecified atom stereocenters. The molecule has 0 aliphatic heterocycles. The number of rotatable bonds is 8. The molecule has 0 fully saturated rings. The molecule has 152 valence electrons. The molecule has 1 aromatic heterocycles. The molecular formula is C19H19FN4O3S2. The standard InChI is InChI=1S/C19H19FN4O3S2/c1-11(17(25)21-14-7-8-15(26-2)16(10-14)27-3)28-19-24-23-18(29-19)22-13-6-4-5-12(20)9-13/h4-11H,1-3H3,(H,21,25)(H,22,23). The van der Waals surface area contributed by atoms with E-state index in [-0.39, 0.29) is 11.7 Å². The summed E-state index contributed by atoms with van der Waals surface area (Å²) >= 11 is 2.57. The summed E-state index contributed by atoms with van der Waals surface area (Å²) in [5, 5.41) is 14.1. The van der Waals surface area contributed by atoms with E-state index < -0.39 is 5.25 Å². The molecule has 3 aromatic rings. The maximum Gasteiger partial charge on any atom is 0.237 e. The first kappa shape index (κ1) is 20.9. The molecule has 0 saturated heterocycles. The first-order chi connectivity index (χ1) is 14.0. The largest absolute Gasteiger partial charge is 0.493 e. The summed E-state index contributed by atoms with van der Waals surface area (Å²) in [5.41, 5.74) is 1.18. The fourth-order valence-corrected chi connectivity index (χ4v) is 4.28. The lowest BCUT2D eigenvalue weighted by Crippen LogP contribution is -2.22. The summed E-state index contributed by atoms with van der Waals surface area (Å²) < 4.78 is 24.3. The van der Waals surface area contributed by atoms with Gasteiger partial charge in [-0.1, -0.05) is 29.2 Å². The molecule has 0 saturated carbocycles. The molecule has 0 aliphatic rings. The second-order valence-corrected chi connectivity index (χ2v) is 8.39. The van der Waals surface area contributed by atoms with E-state index in [0.29, 0.717) is 32.3 Å². The van der Waals surface area contributed by atoms with E-state index in [1.807, 2.05) is 0 Å². The number of hydrogen-bond donors (Lipinski definition) is 2. The minimum atomic E-state index is -0.405. The quantitative estimate of drug-likeness (QED) is 0.503. The maximum atomic E-state index is 13.3. The van der Waals surface area contributed by atoms with Crippen molar-refractivity contribution in [3.8, 4) is 11.5 Å². The van der Waals surface area contributed by atoms with Crippen molar-refractivity contribution in [3.05, 3.63) is 48.3 Å². The molecule has 2 aromatic carbocycles. The fourth-order valence-electron chi connectivity index (χ4n) is 2.36. The highest BCUT2D eigenvalue weighted by Crippen LogP contribution is 2.32. The average Bonchev–Trinajstić information content (AvgIpc) is 3.14. The van der Waals surface area contributed by atoms with Gasteiger partial charge in [0.25, 0.3) is 0 Å². The van der Waals surface area contributed by atoms with E-state index in [4.69, 9.17) is 9.47 Å². The SMILES string of the molecule is COc1ccc(NC(=O)C(C)Sc2nnc(Nc3cccc(F)c3)s2)cc1OC. The first-order valence-electron chi connectivity index (χ1n) is 8.54. The van der Waals surface area contributed by atoms with Gasteiger partial charge < -0.3 is 20.1 Å². The number of nitrogens with one attached hydrogen (secondary N) is 2. The number of thioether (sulfide) groups is 1. The predicted octanol–water partition coefficient (Wildman–Crippen LogP) is 4.56. The zero-order chi connectivity index (χ0) is 20.8. The second-order valence-electron chi connectivity index (χ2n) is 5.83. The lowest BCUT2D eigenvalue weighted by molar-refractivity contribution is -0.115. The first-order valence-corrected chi connectivity index (χ1v) is 10.2. The topological polar surface area (TPSA) is 85.4 Å². The third-order valence-electron chi connectivity index (χ3n) is 3.78. The zero-order valence-corrected chi connectivity index (χ0v) is 17.6. The van der Waals surface area contributed by atoms with Crippen molar-refractivity contribution in [1.82, 2.24) is 10.2 Å². The molecule has 1 amide bonds. The number of aromatic nitrogens is 2. The Hall–Kier alpha value is -2.85. The second kappa shape index (κ2) is 9.57. The van der Waals surface area contributed by atoms with Crippen LogP contribution < -0.4 is 20.1 Å². The number of carbonyl (C=O) groups excluding carboxylic acids is 1. The van der Waals surface area contributed by atoms with Crippen molar-refractivity contribution in [2.45, 2.75) is 16.5 Å². The van der Waals surface area contributed by atoms with Crippen molar-refractivity contribution >= 4 is 45.5 Å². The summed E-state index contributed by atoms with van der Waals surface area (Å²) in [4.78, 5) is 12.5. The molecule has 3 rings (SSSR count). The number of methoxy groups -OCH3 is 2. The Bertz CT molecular complexity index is 999. The van der Waals surface area contributed by atoms with Crippen LogP contribution in [0.2, 0.25) is 0 Å². The van der Waals surface area contributed by atoms with E-state index in [0.717, 1.165) is 0 Å². The molecule has 1 heterocycles. The van der Waals surface area contributed by atoms with Gasteiger partial charge in [-0.05, 0) is 37.3 Å². The minimum Gasteiger partial charge on any atom is -0.493 e. The summed E-state index contributed by atoms with van der Waals surface area (Å²) in [6, 6.07) is 11.2. The molecular weight excluding hydrogens is 415 g/mol. The van der Waals surface area contributed by atoms with Crippen LogP contribution in [0.4, 0.5) is 20.9 Å². The van der Waals surface area contributed by atoms with Crippen molar-refractivity contribution in [2.75, 3.05) is 24.9 Å². The van der Waals surface area contributed by atoms with Crippen LogP contribution in [-0.4, -0.2) is 35.6 Å². The van der Waals surface area contributed by atoms with E-state index in [9.17, 15) is 9.18 Å². The third-order valence-corrected chi connectivity index (χ3v) is 5.80. The Morgan fingerprint density at radius 1 is 1.10 bits per heavy atom. The van der Waals surface area contributed by atoms with Crippen LogP contribution in [0.15, 0.2) is 46.8 Å². The molecule has 7 nitrogen and oxygen atoms in total. The number of carbonyl (C=O) groups is 1. The predicted molar refractivity (Wildman–Crippen MR) is 113 cm³/mol. The number of halogens is 1. The zero-order valence-electron chi connectivity index (χ0n) is 15.9. The summed E-state index contributed by atoms with van der Waals surface area (Å²) in [5.74, 6) is 0.592. The Labute approximate surface area is 175 Å². The van der Waals surface area contributed by atoms with Crippen LogP contribution in [0.1, 0.15) is 6.92 Å². The number of benzene rings is 2. The monoisotopic (exact) mass is 434 g/mol. The summed E-state index contributed by atoms with van der Waals surface area (Å²) in [7, 11) is 3.08. The molecule has 10 heteroatoms. The maximum absolute atomic E-state index is 13.3. The van der Waals surface area contributed by atoms with Crippen LogP contribution in [0, 0.1) is 5.82 Å². The molecule has 2 N–H and O–H groups in total. The van der Waals surface area contributed by atoms with Crippen molar-refractivity contribution in [3.63, 3.8) is 0 Å². The highest BCUT2D eigenvalue weighted by atomic mass is 32.2. The minimum absolute atomic E-state index is 0.183. The number of amides is 1. The van der Waals surface area contributed by atoms with E-state index in [2.05, 4.69) is 20.8 Å². The summed E-state index contributed by atoms with van der Waals surface area (Å²) in [6.07, 6.45) is 0. The van der Waals surface area contributed by atoms with Gasteiger partial charge in [-0.15, -0.1) is 10.2 Å². The van der Waals surface area contributed by atoms with Gasteiger partial charge in [-0.25, -0.2) is 4.39 Å². The summed E-state index contributed by atoms with van der Waals surface area (Å²) in [6.45, 7) is 1.78. The molecule has 0 radical (unpaired) electrons. The smallest absolute Gasteiger partial charge is 0.237 e. The van der Waals surface area contributed by atoms with Gasteiger partial charge in [0.15, 0.2) is 15.8 Å². The number of anilines is 3. The lowest BCUT2D eigenvalue weighted by atomic mass is 10.2. The van der Waals surface area contributed by atoms with Gasteiger partial charge >= 0.3 is 0 Å². The fraction of sp³-hybridized carbons (Fsp3) is 0.211. The van der Waals surface area contributed by atoms with Crippen molar-refractivity contribution < 1.29 is 18.7 Å². The molecule has 0 aliphatic carbocycles. The highest BCUT2D eigenvalue weighted by molar-refractivity contribution is 8.02. The van der Waals surface area contributed by atoms with Crippen molar-refractivity contribution in [1.29, 1.82) is 0 Å². The van der Waals surface area contributed by atoms with Gasteiger partial charge in [0.2, 0.25) is 11.0 Å². The van der Waals surface area contributed by atoms with Gasteiger partial charge in [-0.2, -0.15) is 0 Å². The number of hydrogen-bond acceptors (Lipinski definition) is 8. The Kier molecular flexibility index (Phi) is 6.89. The Balaban J connectivity index is 1.59. The van der Waals surface area contributed by atoms with Crippen LogP contribution >= 0.6 is 23.1 Å². The van der Waals surface area contributed by atoms with Gasteiger partial charge in [0.05, 0.1) is 19.5 Å². The molecule has 1 atom stereocenters. The van der Waals surface area contributed by atoms with Gasteiger partial charge in [0, 0.05) is 17.4 Å². The van der Waals surface area contributed by atoms with Crippen LogP contribution in [0.25, 0.3) is 0 Å². The van der Waals surface area contributed by atoms with Crippen LogP contribution in [0.3, 0.4) is 0 Å². The normalized spacial score (nSPS) is 11.6. The molecule has 0 bridgehead atoms. The van der Waals surface area contributed by atoms with E-state index >= 15 is 0 Å². The molecule has 0 spiro atoms. The third kappa shape index (κ3) is 5.58. The van der Waals surface area contributed by atoms with Crippen LogP contribution in [0.5, 0.6) is 11.5 Å². The van der Waals surface area contributed by atoms with E-state index in [1.54, 1.807) is 44.4 Å². The molecule has 29 heavy (non-hydrogen) atoms. The van der Waals surface area contributed by atoms with Gasteiger partial charge in [-0.3, -0.25) is 4.79 Å². The lowest BCUT2D eigenvalue weighted by Gasteiger charge is -2.13. The Morgan fingerprint density at radius 2 is 1.90 bits per heavy atom. The van der Waals surface area contributed by atoms with Crippen LogP contribution in [-0.2, 0) is 4.79 Å². The van der Waals surface area contributed by atoms with Crippen molar-refractivity contribution in [2.24, 2.45) is 0 Å². The van der Waals surface area contributed by atoms with Gasteiger partial charge in [0.1, 0.15) is 5.82 Å². The average molecular weight is 435 g/mol. The highest BCUT2D eigenvalue weighted by Gasteiger charge is 2.18. The Morgan fingerprint density at radius 3 is 2.62 bits per heavy atom. The number of nitrogens with zero attached hydrogens (tertiary/aromatic N) is 2.